The third-order valence-electron chi connectivity index (χ3n) is 6.97. The minimum absolute atomic E-state index is 0.121. The van der Waals surface area contributed by atoms with E-state index in [0.29, 0.717) is 22.0 Å². The number of thiazole rings is 1. The molecule has 190 valence electrons. The summed E-state index contributed by atoms with van der Waals surface area (Å²) in [7, 11) is 1.61. The zero-order valence-electron chi connectivity index (χ0n) is 21.8. The molecule has 0 aliphatic heterocycles. The maximum absolute atomic E-state index is 14.2. The molecule has 0 unspecified atom stereocenters. The number of aryl methyl sites for hydroxylation is 4. The van der Waals surface area contributed by atoms with Crippen molar-refractivity contribution in [2.24, 2.45) is 0 Å². The van der Waals surface area contributed by atoms with Gasteiger partial charge < -0.3 is 10.1 Å². The van der Waals surface area contributed by atoms with Gasteiger partial charge in [0.2, 0.25) is 5.91 Å². The van der Waals surface area contributed by atoms with Crippen molar-refractivity contribution in [3.8, 4) is 5.75 Å². The van der Waals surface area contributed by atoms with Crippen molar-refractivity contribution in [3.63, 3.8) is 0 Å². The summed E-state index contributed by atoms with van der Waals surface area (Å²) < 4.78 is 5.35. The van der Waals surface area contributed by atoms with Crippen LogP contribution in [0.15, 0.2) is 42.5 Å². The van der Waals surface area contributed by atoms with Crippen LogP contribution in [0.3, 0.4) is 0 Å². The highest BCUT2D eigenvalue weighted by atomic mass is 32.1. The summed E-state index contributed by atoms with van der Waals surface area (Å²) in [4.78, 5) is 34.9. The van der Waals surface area contributed by atoms with Gasteiger partial charge in [0, 0.05) is 11.7 Å². The number of hydrogen-bond donors (Lipinski definition) is 1. The van der Waals surface area contributed by atoms with Gasteiger partial charge in [0.1, 0.15) is 16.7 Å². The number of carbonyl (C=O) groups is 2. The fourth-order valence-electron chi connectivity index (χ4n) is 4.83. The summed E-state index contributed by atoms with van der Waals surface area (Å²) in [5, 5.41) is 4.09. The Morgan fingerprint density at radius 1 is 1.00 bits per heavy atom. The minimum atomic E-state index is -0.839. The Kier molecular flexibility index (Phi) is 8.09. The van der Waals surface area contributed by atoms with Gasteiger partial charge in [0.15, 0.2) is 0 Å². The van der Waals surface area contributed by atoms with E-state index in [-0.39, 0.29) is 17.9 Å². The summed E-state index contributed by atoms with van der Waals surface area (Å²) in [6.07, 6.45) is 5.34. The van der Waals surface area contributed by atoms with E-state index in [0.717, 1.165) is 47.4 Å². The maximum Gasteiger partial charge on any atom is 0.271 e. The number of hydrogen-bond acceptors (Lipinski definition) is 5. The van der Waals surface area contributed by atoms with E-state index in [1.54, 1.807) is 12.0 Å². The molecule has 1 aromatic heterocycles. The Hall–Kier alpha value is -3.19. The molecule has 0 saturated heterocycles. The number of nitrogens with one attached hydrogen (secondary N) is 1. The summed E-state index contributed by atoms with van der Waals surface area (Å²) in [6, 6.07) is 12.6. The molecule has 0 bridgehead atoms. The van der Waals surface area contributed by atoms with Crippen LogP contribution in [-0.2, 0) is 4.79 Å². The Morgan fingerprint density at radius 2 is 1.69 bits per heavy atom. The van der Waals surface area contributed by atoms with Crippen LogP contribution >= 0.6 is 11.3 Å². The van der Waals surface area contributed by atoms with Crippen molar-refractivity contribution in [1.82, 2.24) is 10.3 Å². The standard InChI is InChI=1S/C29H35N3O3S/c1-18-11-14-24(17-19(18)2)32(29(34)27-20(3)30-21(4)36-27)26(22-12-15-25(35-5)16-13-22)28(33)31-23-9-7-6-8-10-23/h11-17,23,26H,6-10H2,1-5H3,(H,31,33)/t26-/m0/s1. The highest BCUT2D eigenvalue weighted by Gasteiger charge is 2.36. The third-order valence-corrected chi connectivity index (χ3v) is 8.04. The quantitative estimate of drug-likeness (QED) is 0.414. The van der Waals surface area contributed by atoms with Crippen molar-refractivity contribution < 1.29 is 14.3 Å². The molecule has 1 fully saturated rings. The number of carbonyl (C=O) groups excluding carboxylic acids is 2. The van der Waals surface area contributed by atoms with E-state index in [1.807, 2.05) is 70.2 Å². The normalized spacial score (nSPS) is 14.8. The number of anilines is 1. The minimum Gasteiger partial charge on any atom is -0.497 e. The zero-order valence-corrected chi connectivity index (χ0v) is 22.6. The average Bonchev–Trinajstić information content (AvgIpc) is 3.22. The zero-order chi connectivity index (χ0) is 25.8. The summed E-state index contributed by atoms with van der Waals surface area (Å²) in [5.74, 6) is 0.307. The van der Waals surface area contributed by atoms with E-state index < -0.39 is 6.04 Å². The van der Waals surface area contributed by atoms with Crippen LogP contribution in [0.25, 0.3) is 0 Å². The third kappa shape index (κ3) is 5.62. The summed E-state index contributed by atoms with van der Waals surface area (Å²) in [6.45, 7) is 7.80. The van der Waals surface area contributed by atoms with Crippen LogP contribution in [0.2, 0.25) is 0 Å². The lowest BCUT2D eigenvalue weighted by Gasteiger charge is -2.33. The van der Waals surface area contributed by atoms with Gasteiger partial charge in [-0.3, -0.25) is 14.5 Å². The van der Waals surface area contributed by atoms with E-state index in [1.165, 1.54) is 17.8 Å². The van der Waals surface area contributed by atoms with Gasteiger partial charge in [-0.25, -0.2) is 4.98 Å². The first-order valence-corrected chi connectivity index (χ1v) is 13.4. The number of amides is 2. The van der Waals surface area contributed by atoms with E-state index in [4.69, 9.17) is 4.74 Å². The SMILES string of the molecule is COc1ccc([C@@H](C(=O)NC2CCCCC2)N(C(=O)c2sc(C)nc2C)c2ccc(C)c(C)c2)cc1. The van der Waals surface area contributed by atoms with Crippen molar-refractivity contribution in [2.75, 3.05) is 12.0 Å². The van der Waals surface area contributed by atoms with Crippen LogP contribution in [0, 0.1) is 27.7 Å². The van der Waals surface area contributed by atoms with Crippen molar-refractivity contribution in [2.45, 2.75) is 71.9 Å². The largest absolute Gasteiger partial charge is 0.497 e. The first-order chi connectivity index (χ1) is 17.3. The summed E-state index contributed by atoms with van der Waals surface area (Å²) >= 11 is 1.36. The molecule has 1 atom stereocenters. The van der Waals surface area contributed by atoms with Gasteiger partial charge >= 0.3 is 0 Å². The molecule has 3 aromatic rings. The van der Waals surface area contributed by atoms with Gasteiger partial charge in [-0.2, -0.15) is 0 Å². The fourth-order valence-corrected chi connectivity index (χ4v) is 5.69. The molecule has 0 spiro atoms. The molecule has 4 rings (SSSR count). The van der Waals surface area contributed by atoms with Gasteiger partial charge in [-0.15, -0.1) is 11.3 Å². The molecular formula is C29H35N3O3S. The Bertz CT molecular complexity index is 1230. The van der Waals surface area contributed by atoms with Crippen molar-refractivity contribution in [3.05, 3.63) is 74.7 Å². The van der Waals surface area contributed by atoms with Crippen LogP contribution in [0.1, 0.15) is 75.2 Å². The first-order valence-electron chi connectivity index (χ1n) is 12.6. The predicted octanol–water partition coefficient (Wildman–Crippen LogP) is 6.22. The van der Waals surface area contributed by atoms with Crippen molar-refractivity contribution in [1.29, 1.82) is 0 Å². The Labute approximate surface area is 217 Å². The van der Waals surface area contributed by atoms with Crippen LogP contribution in [0.4, 0.5) is 5.69 Å². The number of benzene rings is 2. The fraction of sp³-hybridized carbons (Fsp3) is 0.414. The lowest BCUT2D eigenvalue weighted by atomic mass is 9.94. The smallest absolute Gasteiger partial charge is 0.271 e. The molecule has 1 saturated carbocycles. The molecule has 1 N–H and O–H groups in total. The maximum atomic E-state index is 14.2. The molecule has 36 heavy (non-hydrogen) atoms. The van der Waals surface area contributed by atoms with E-state index in [2.05, 4.69) is 10.3 Å². The van der Waals surface area contributed by atoms with Gasteiger partial charge in [0.05, 0.1) is 17.8 Å². The molecule has 2 amide bonds. The van der Waals surface area contributed by atoms with Crippen molar-refractivity contribution >= 4 is 28.8 Å². The second-order valence-electron chi connectivity index (χ2n) is 9.61. The van der Waals surface area contributed by atoms with Gasteiger partial charge in [-0.05, 0) is 81.5 Å². The number of rotatable bonds is 7. The second-order valence-corrected chi connectivity index (χ2v) is 10.8. The highest BCUT2D eigenvalue weighted by molar-refractivity contribution is 7.13. The molecule has 2 aromatic carbocycles. The predicted molar refractivity (Wildman–Crippen MR) is 145 cm³/mol. The monoisotopic (exact) mass is 505 g/mol. The molecule has 6 nitrogen and oxygen atoms in total. The number of nitrogens with zero attached hydrogens (tertiary/aromatic N) is 2. The molecule has 7 heteroatoms. The lowest BCUT2D eigenvalue weighted by Crippen LogP contribution is -2.47. The van der Waals surface area contributed by atoms with Crippen LogP contribution < -0.4 is 15.0 Å². The first kappa shape index (κ1) is 25.9. The van der Waals surface area contributed by atoms with Crippen LogP contribution in [-0.4, -0.2) is 29.9 Å². The van der Waals surface area contributed by atoms with E-state index >= 15 is 0 Å². The van der Waals surface area contributed by atoms with Crippen LogP contribution in [0.5, 0.6) is 5.75 Å². The average molecular weight is 506 g/mol. The van der Waals surface area contributed by atoms with Gasteiger partial charge in [0.25, 0.3) is 5.91 Å². The molecule has 1 heterocycles. The number of ether oxygens (including phenoxy) is 1. The molecular weight excluding hydrogens is 470 g/mol. The summed E-state index contributed by atoms with van der Waals surface area (Å²) in [5.41, 5.74) is 4.28. The number of methoxy groups -OCH3 is 1. The van der Waals surface area contributed by atoms with Gasteiger partial charge in [-0.1, -0.05) is 37.5 Å². The Balaban J connectivity index is 1.84. The Morgan fingerprint density at radius 3 is 2.28 bits per heavy atom. The van der Waals surface area contributed by atoms with E-state index in [9.17, 15) is 9.59 Å². The highest BCUT2D eigenvalue weighted by Crippen LogP contribution is 2.34. The molecule has 1 aliphatic carbocycles. The lowest BCUT2D eigenvalue weighted by molar-refractivity contribution is -0.123. The molecule has 1 aliphatic rings. The molecule has 0 radical (unpaired) electrons. The topological polar surface area (TPSA) is 71.5 Å². The number of aromatic nitrogens is 1. The second kappa shape index (κ2) is 11.2.